The number of ether oxygens (including phenoxy) is 2. The molecule has 0 spiro atoms. The highest BCUT2D eigenvalue weighted by atomic mass is 16.5. The van der Waals surface area contributed by atoms with Gasteiger partial charge < -0.3 is 19.3 Å². The summed E-state index contributed by atoms with van der Waals surface area (Å²) in [6, 6.07) is 16.4. The van der Waals surface area contributed by atoms with Crippen LogP contribution in [0.3, 0.4) is 0 Å². The SMILES string of the molecule is COc1cccc(-c2cc(CC(=O)Nc3ccccc3OC)no2)c1. The first kappa shape index (κ1) is 16.6. The summed E-state index contributed by atoms with van der Waals surface area (Å²) in [6.45, 7) is 0. The standard InChI is InChI=1S/C19H18N2O4/c1-23-15-7-5-6-13(10-15)18-11-14(21-25-18)12-19(22)20-16-8-3-4-9-17(16)24-2/h3-11H,12H2,1-2H3,(H,20,22). The van der Waals surface area contributed by atoms with Crippen molar-refractivity contribution in [3.63, 3.8) is 0 Å². The molecule has 6 nitrogen and oxygen atoms in total. The van der Waals surface area contributed by atoms with E-state index in [2.05, 4.69) is 10.5 Å². The Morgan fingerprint density at radius 2 is 1.92 bits per heavy atom. The Labute approximate surface area is 145 Å². The summed E-state index contributed by atoms with van der Waals surface area (Å²) in [5.41, 5.74) is 2.00. The van der Waals surface area contributed by atoms with Crippen LogP contribution in [-0.4, -0.2) is 25.3 Å². The number of hydrogen-bond acceptors (Lipinski definition) is 5. The molecule has 0 saturated carbocycles. The molecule has 128 valence electrons. The highest BCUT2D eigenvalue weighted by molar-refractivity contribution is 5.93. The van der Waals surface area contributed by atoms with E-state index in [1.165, 1.54) is 0 Å². The number of para-hydroxylation sites is 2. The highest BCUT2D eigenvalue weighted by Gasteiger charge is 2.13. The van der Waals surface area contributed by atoms with Crippen LogP contribution < -0.4 is 14.8 Å². The largest absolute Gasteiger partial charge is 0.497 e. The zero-order valence-electron chi connectivity index (χ0n) is 14.0. The van der Waals surface area contributed by atoms with E-state index < -0.39 is 0 Å². The second kappa shape index (κ2) is 7.53. The molecule has 1 N–H and O–H groups in total. The monoisotopic (exact) mass is 338 g/mol. The Morgan fingerprint density at radius 1 is 1.08 bits per heavy atom. The summed E-state index contributed by atoms with van der Waals surface area (Å²) in [4.78, 5) is 12.2. The number of anilines is 1. The molecule has 2 aromatic carbocycles. The summed E-state index contributed by atoms with van der Waals surface area (Å²) in [5, 5.41) is 6.78. The van der Waals surface area contributed by atoms with Crippen LogP contribution in [0.25, 0.3) is 11.3 Å². The lowest BCUT2D eigenvalue weighted by molar-refractivity contribution is -0.115. The van der Waals surface area contributed by atoms with Crippen molar-refractivity contribution in [2.45, 2.75) is 6.42 Å². The second-order valence-corrected chi connectivity index (χ2v) is 5.34. The number of rotatable bonds is 6. The second-order valence-electron chi connectivity index (χ2n) is 5.34. The van der Waals surface area contributed by atoms with E-state index in [0.29, 0.717) is 22.9 Å². The number of amides is 1. The van der Waals surface area contributed by atoms with E-state index >= 15 is 0 Å². The normalized spacial score (nSPS) is 10.3. The smallest absolute Gasteiger partial charge is 0.230 e. The third kappa shape index (κ3) is 3.98. The van der Waals surface area contributed by atoms with Gasteiger partial charge in [-0.1, -0.05) is 29.4 Å². The van der Waals surface area contributed by atoms with Gasteiger partial charge in [0, 0.05) is 11.6 Å². The topological polar surface area (TPSA) is 73.6 Å². The Balaban J connectivity index is 1.69. The van der Waals surface area contributed by atoms with Crippen molar-refractivity contribution in [2.24, 2.45) is 0 Å². The molecule has 3 aromatic rings. The molecule has 1 aromatic heterocycles. The number of benzene rings is 2. The number of carbonyl (C=O) groups excluding carboxylic acids is 1. The summed E-state index contributed by atoms with van der Waals surface area (Å²) in [6.07, 6.45) is 0.103. The maximum absolute atomic E-state index is 12.2. The molecule has 25 heavy (non-hydrogen) atoms. The summed E-state index contributed by atoms with van der Waals surface area (Å²) in [5.74, 6) is 1.71. The fraction of sp³-hybridized carbons (Fsp3) is 0.158. The van der Waals surface area contributed by atoms with Gasteiger partial charge in [0.25, 0.3) is 0 Å². The molecular weight excluding hydrogens is 320 g/mol. The molecular formula is C19H18N2O4. The van der Waals surface area contributed by atoms with Gasteiger partial charge in [0.15, 0.2) is 5.76 Å². The lowest BCUT2D eigenvalue weighted by Gasteiger charge is -2.08. The molecule has 0 saturated heterocycles. The summed E-state index contributed by atoms with van der Waals surface area (Å²) in [7, 11) is 3.16. The molecule has 0 aliphatic rings. The van der Waals surface area contributed by atoms with Gasteiger partial charge in [0.1, 0.15) is 11.5 Å². The van der Waals surface area contributed by atoms with Crippen molar-refractivity contribution in [2.75, 3.05) is 19.5 Å². The predicted octanol–water partition coefficient (Wildman–Crippen LogP) is 3.54. The van der Waals surface area contributed by atoms with Crippen LogP contribution in [-0.2, 0) is 11.2 Å². The minimum absolute atomic E-state index is 0.103. The summed E-state index contributed by atoms with van der Waals surface area (Å²) < 4.78 is 15.8. The number of hydrogen-bond donors (Lipinski definition) is 1. The van der Waals surface area contributed by atoms with Gasteiger partial charge in [-0.05, 0) is 24.3 Å². The Morgan fingerprint density at radius 3 is 2.72 bits per heavy atom. The first-order chi connectivity index (χ1) is 12.2. The average molecular weight is 338 g/mol. The lowest BCUT2D eigenvalue weighted by atomic mass is 10.1. The quantitative estimate of drug-likeness (QED) is 0.744. The maximum Gasteiger partial charge on any atom is 0.230 e. The van der Waals surface area contributed by atoms with Crippen molar-refractivity contribution in [1.29, 1.82) is 0 Å². The molecule has 0 aliphatic carbocycles. The minimum atomic E-state index is -0.199. The first-order valence-corrected chi connectivity index (χ1v) is 7.72. The predicted molar refractivity (Wildman–Crippen MR) is 93.8 cm³/mol. The number of nitrogens with one attached hydrogen (secondary N) is 1. The third-order valence-corrected chi connectivity index (χ3v) is 3.64. The molecule has 0 radical (unpaired) electrons. The van der Waals surface area contributed by atoms with Gasteiger partial charge >= 0.3 is 0 Å². The molecule has 6 heteroatoms. The molecule has 0 unspecified atom stereocenters. The summed E-state index contributed by atoms with van der Waals surface area (Å²) >= 11 is 0. The molecule has 0 bridgehead atoms. The van der Waals surface area contributed by atoms with Crippen molar-refractivity contribution >= 4 is 11.6 Å². The Hall–Kier alpha value is -3.28. The highest BCUT2D eigenvalue weighted by Crippen LogP contribution is 2.25. The molecule has 0 atom stereocenters. The molecule has 0 fully saturated rings. The van der Waals surface area contributed by atoms with Crippen molar-refractivity contribution < 1.29 is 18.8 Å². The van der Waals surface area contributed by atoms with Gasteiger partial charge in [0.2, 0.25) is 5.91 Å². The van der Waals surface area contributed by atoms with Gasteiger partial charge in [0.05, 0.1) is 32.0 Å². The molecule has 1 amide bonds. The minimum Gasteiger partial charge on any atom is -0.497 e. The van der Waals surface area contributed by atoms with Crippen LogP contribution in [0.15, 0.2) is 59.1 Å². The number of methoxy groups -OCH3 is 2. The van der Waals surface area contributed by atoms with E-state index in [4.69, 9.17) is 14.0 Å². The van der Waals surface area contributed by atoms with Crippen molar-refractivity contribution in [3.8, 4) is 22.8 Å². The first-order valence-electron chi connectivity index (χ1n) is 7.72. The average Bonchev–Trinajstić information content (AvgIpc) is 3.10. The van der Waals surface area contributed by atoms with E-state index in [1.807, 2.05) is 36.4 Å². The van der Waals surface area contributed by atoms with Gasteiger partial charge in [-0.15, -0.1) is 0 Å². The number of aromatic nitrogens is 1. The van der Waals surface area contributed by atoms with Gasteiger partial charge in [-0.25, -0.2) is 0 Å². The van der Waals surface area contributed by atoms with E-state index in [0.717, 1.165) is 11.3 Å². The fourth-order valence-corrected chi connectivity index (χ4v) is 2.41. The molecule has 0 aliphatic heterocycles. The Bertz CT molecular complexity index is 873. The Kier molecular flexibility index (Phi) is 4.99. The number of nitrogens with zero attached hydrogens (tertiary/aromatic N) is 1. The lowest BCUT2D eigenvalue weighted by Crippen LogP contribution is -2.15. The van der Waals surface area contributed by atoms with E-state index in [-0.39, 0.29) is 12.3 Å². The van der Waals surface area contributed by atoms with E-state index in [1.54, 1.807) is 32.4 Å². The zero-order chi connectivity index (χ0) is 17.6. The van der Waals surface area contributed by atoms with Crippen molar-refractivity contribution in [3.05, 3.63) is 60.3 Å². The molecule has 1 heterocycles. The van der Waals surface area contributed by atoms with Gasteiger partial charge in [-0.2, -0.15) is 0 Å². The molecule has 3 rings (SSSR count). The van der Waals surface area contributed by atoms with E-state index in [9.17, 15) is 4.79 Å². The van der Waals surface area contributed by atoms with Crippen LogP contribution in [0.4, 0.5) is 5.69 Å². The maximum atomic E-state index is 12.2. The van der Waals surface area contributed by atoms with Crippen LogP contribution in [0.5, 0.6) is 11.5 Å². The van der Waals surface area contributed by atoms with Crippen LogP contribution in [0, 0.1) is 0 Å². The fourth-order valence-electron chi connectivity index (χ4n) is 2.41. The van der Waals surface area contributed by atoms with Gasteiger partial charge in [-0.3, -0.25) is 4.79 Å². The van der Waals surface area contributed by atoms with Crippen molar-refractivity contribution in [1.82, 2.24) is 5.16 Å². The van der Waals surface area contributed by atoms with Crippen LogP contribution in [0.2, 0.25) is 0 Å². The number of carbonyl (C=O) groups is 1. The van der Waals surface area contributed by atoms with Crippen LogP contribution >= 0.6 is 0 Å². The third-order valence-electron chi connectivity index (χ3n) is 3.64. The zero-order valence-corrected chi connectivity index (χ0v) is 14.0. The van der Waals surface area contributed by atoms with Crippen LogP contribution in [0.1, 0.15) is 5.69 Å².